The van der Waals surface area contributed by atoms with E-state index in [0.717, 1.165) is 0 Å². The van der Waals surface area contributed by atoms with Crippen molar-refractivity contribution in [2.24, 2.45) is 0 Å². The van der Waals surface area contributed by atoms with Gasteiger partial charge in [-0.1, -0.05) is 52.6 Å². The first kappa shape index (κ1) is 20.4. The number of rotatable bonds is 3. The Morgan fingerprint density at radius 3 is 2.86 bits per heavy atom. The Balaban J connectivity index is 1.79. The second-order valence-electron chi connectivity index (χ2n) is 7.31. The van der Waals surface area contributed by atoms with E-state index >= 15 is 0 Å². The lowest BCUT2D eigenvalue weighted by Crippen LogP contribution is -2.47. The molecule has 148 valence electrons. The largest absolute Gasteiger partial charge is 0.384 e. The van der Waals surface area contributed by atoms with Gasteiger partial charge in [-0.05, 0) is 48.6 Å². The number of hydrogen-bond donors (Lipinski definition) is 2. The predicted molar refractivity (Wildman–Crippen MR) is 113 cm³/mol. The zero-order valence-electron chi connectivity index (χ0n) is 15.7. The van der Waals surface area contributed by atoms with E-state index < -0.39 is 11.5 Å². The fraction of sp³-hybridized carbons (Fsp3) is 0.286. The zero-order valence-corrected chi connectivity index (χ0v) is 17.2. The zero-order chi connectivity index (χ0) is 20.8. The van der Waals surface area contributed by atoms with Gasteiger partial charge in [0.25, 0.3) is 0 Å². The van der Waals surface area contributed by atoms with Crippen LogP contribution in [0.4, 0.5) is 4.39 Å². The minimum absolute atomic E-state index is 0.272. The van der Waals surface area contributed by atoms with Crippen LogP contribution in [0.15, 0.2) is 40.9 Å². The monoisotopic (exact) mass is 430 g/mol. The number of hydrogen-bond acceptors (Lipinski definition) is 4. The van der Waals surface area contributed by atoms with Crippen LogP contribution in [-0.2, 0) is 5.60 Å². The molecular formula is C21H18BCl2FN2O2. The van der Waals surface area contributed by atoms with Gasteiger partial charge in [0.1, 0.15) is 30.7 Å². The summed E-state index contributed by atoms with van der Waals surface area (Å²) in [6.45, 7) is 2.65. The lowest BCUT2D eigenvalue weighted by Gasteiger charge is -2.40. The summed E-state index contributed by atoms with van der Waals surface area (Å²) >= 11 is 12.4. The minimum atomic E-state index is -1.36. The maximum Gasteiger partial charge on any atom is 0.137 e. The average molecular weight is 431 g/mol. The molecule has 1 aliphatic rings. The molecule has 1 saturated heterocycles. The van der Waals surface area contributed by atoms with E-state index in [1.807, 2.05) is 0 Å². The third-order valence-corrected chi connectivity index (χ3v) is 6.38. The van der Waals surface area contributed by atoms with Crippen molar-refractivity contribution in [3.05, 3.63) is 69.1 Å². The molecule has 0 saturated carbocycles. The van der Waals surface area contributed by atoms with Crippen LogP contribution in [0.2, 0.25) is 10.0 Å². The highest BCUT2D eigenvalue weighted by Gasteiger charge is 2.44. The first-order chi connectivity index (χ1) is 13.8. The molecule has 2 N–H and O–H groups in total. The van der Waals surface area contributed by atoms with E-state index in [1.165, 1.54) is 6.07 Å². The number of benzene rings is 2. The minimum Gasteiger partial charge on any atom is -0.384 e. The molecule has 0 amide bonds. The molecule has 0 aliphatic carbocycles. The Morgan fingerprint density at radius 2 is 2.10 bits per heavy atom. The molecule has 29 heavy (non-hydrogen) atoms. The summed E-state index contributed by atoms with van der Waals surface area (Å²) in [6, 6.07) is 9.91. The Hall–Kier alpha value is -1.86. The Morgan fingerprint density at radius 1 is 1.31 bits per heavy atom. The third-order valence-electron chi connectivity index (χ3n) is 5.56. The number of aliphatic hydroxyl groups is 1. The molecular weight excluding hydrogens is 413 g/mol. The van der Waals surface area contributed by atoms with E-state index in [1.54, 1.807) is 37.3 Å². The fourth-order valence-electron chi connectivity index (χ4n) is 3.83. The lowest BCUT2D eigenvalue weighted by atomic mass is 9.72. The molecule has 3 aromatic rings. The van der Waals surface area contributed by atoms with Crippen LogP contribution in [-0.4, -0.2) is 31.2 Å². The summed E-state index contributed by atoms with van der Waals surface area (Å²) in [5, 5.41) is 19.6. The SMILES string of the molecule is [B]c1c(-c2cccc(Cl)c2Cl)noc1[C@H]1CNCC[C@]1(O)c1ccc(C)c(F)c1. The number of piperidine rings is 1. The summed E-state index contributed by atoms with van der Waals surface area (Å²) in [6.07, 6.45) is 0.369. The van der Waals surface area contributed by atoms with E-state index in [4.69, 9.17) is 35.6 Å². The summed E-state index contributed by atoms with van der Waals surface area (Å²) in [4.78, 5) is 0. The van der Waals surface area contributed by atoms with Crippen LogP contribution in [0, 0.1) is 12.7 Å². The highest BCUT2D eigenvalue weighted by molar-refractivity contribution is 6.44. The molecule has 1 aliphatic heterocycles. The number of halogens is 3. The Kier molecular flexibility index (Phi) is 5.47. The number of aromatic nitrogens is 1. The molecule has 0 bridgehead atoms. The highest BCUT2D eigenvalue weighted by atomic mass is 35.5. The van der Waals surface area contributed by atoms with Crippen LogP contribution in [0.1, 0.15) is 29.2 Å². The molecule has 1 fully saturated rings. The molecule has 2 radical (unpaired) electrons. The van der Waals surface area contributed by atoms with Gasteiger partial charge in [0.05, 0.1) is 16.0 Å². The summed E-state index contributed by atoms with van der Waals surface area (Å²) < 4.78 is 19.8. The van der Waals surface area contributed by atoms with Crippen LogP contribution in [0.5, 0.6) is 0 Å². The summed E-state index contributed by atoms with van der Waals surface area (Å²) in [7, 11) is 6.37. The third kappa shape index (κ3) is 3.48. The fourth-order valence-corrected chi connectivity index (χ4v) is 4.22. The maximum absolute atomic E-state index is 14.2. The number of nitrogens with zero attached hydrogens (tertiary/aromatic N) is 1. The molecule has 4 rings (SSSR count). The van der Waals surface area contributed by atoms with E-state index in [0.29, 0.717) is 57.7 Å². The number of aryl methyl sites for hydroxylation is 1. The Labute approximate surface area is 179 Å². The summed E-state index contributed by atoms with van der Waals surface area (Å²) in [5.74, 6) is -0.602. The van der Waals surface area contributed by atoms with Gasteiger partial charge in [-0.25, -0.2) is 4.39 Å². The van der Waals surface area contributed by atoms with Crippen molar-refractivity contribution in [2.45, 2.75) is 24.9 Å². The topological polar surface area (TPSA) is 58.3 Å². The van der Waals surface area contributed by atoms with Crippen molar-refractivity contribution < 1.29 is 14.0 Å². The summed E-state index contributed by atoms with van der Waals surface area (Å²) in [5.41, 5.74) is 0.804. The normalized spacial score (nSPS) is 22.0. The van der Waals surface area contributed by atoms with Crippen LogP contribution in [0.3, 0.4) is 0 Å². The van der Waals surface area contributed by atoms with Crippen molar-refractivity contribution in [3.63, 3.8) is 0 Å². The van der Waals surface area contributed by atoms with E-state index in [-0.39, 0.29) is 11.3 Å². The molecule has 0 unspecified atom stereocenters. The van der Waals surface area contributed by atoms with Gasteiger partial charge < -0.3 is 14.9 Å². The molecule has 2 atom stereocenters. The van der Waals surface area contributed by atoms with Gasteiger partial charge in [0, 0.05) is 12.1 Å². The maximum atomic E-state index is 14.2. The van der Waals surface area contributed by atoms with Gasteiger partial charge in [-0.2, -0.15) is 0 Å². The van der Waals surface area contributed by atoms with Crippen molar-refractivity contribution in [3.8, 4) is 11.3 Å². The predicted octanol–water partition coefficient (Wildman–Crippen LogP) is 3.85. The van der Waals surface area contributed by atoms with Gasteiger partial charge in [0.2, 0.25) is 0 Å². The van der Waals surface area contributed by atoms with Gasteiger partial charge in [0.15, 0.2) is 0 Å². The molecule has 0 spiro atoms. The molecule has 4 nitrogen and oxygen atoms in total. The number of nitrogens with one attached hydrogen (secondary N) is 1. The standard InChI is InChI=1S/C21H18BCl2FN2O2/c1-11-5-6-12(9-16(11)25)21(28)7-8-26-10-14(21)20-17(22)19(27-29-20)13-3-2-4-15(23)18(13)24/h2-6,9,14,26,28H,7-8,10H2,1H3/t14-,21+/m1/s1. The Bertz CT molecular complexity index is 1070. The molecule has 1 aromatic heterocycles. The van der Waals surface area contributed by atoms with E-state index in [9.17, 15) is 9.50 Å². The van der Waals surface area contributed by atoms with Gasteiger partial charge in [-0.15, -0.1) is 0 Å². The molecule has 2 heterocycles. The van der Waals surface area contributed by atoms with Gasteiger partial charge in [-0.3, -0.25) is 0 Å². The average Bonchev–Trinajstić information content (AvgIpc) is 3.07. The smallest absolute Gasteiger partial charge is 0.137 e. The second kappa shape index (κ2) is 7.76. The van der Waals surface area contributed by atoms with Crippen molar-refractivity contribution in [1.29, 1.82) is 0 Å². The van der Waals surface area contributed by atoms with E-state index in [2.05, 4.69) is 10.5 Å². The van der Waals surface area contributed by atoms with Crippen molar-refractivity contribution >= 4 is 36.5 Å². The van der Waals surface area contributed by atoms with Crippen LogP contribution < -0.4 is 10.8 Å². The van der Waals surface area contributed by atoms with Gasteiger partial charge >= 0.3 is 0 Å². The van der Waals surface area contributed by atoms with Crippen LogP contribution in [0.25, 0.3) is 11.3 Å². The second-order valence-corrected chi connectivity index (χ2v) is 8.09. The van der Waals surface area contributed by atoms with Crippen molar-refractivity contribution in [1.82, 2.24) is 10.5 Å². The lowest BCUT2D eigenvalue weighted by molar-refractivity contribution is -0.0229. The highest BCUT2D eigenvalue weighted by Crippen LogP contribution is 2.42. The molecule has 2 aromatic carbocycles. The van der Waals surface area contributed by atoms with Crippen LogP contribution >= 0.6 is 23.2 Å². The quantitative estimate of drug-likeness (QED) is 0.619. The first-order valence-electron chi connectivity index (χ1n) is 9.22. The first-order valence-corrected chi connectivity index (χ1v) is 9.97. The van der Waals surface area contributed by atoms with Crippen molar-refractivity contribution in [2.75, 3.05) is 13.1 Å². The molecule has 8 heteroatoms.